The van der Waals surface area contributed by atoms with Crippen LogP contribution in [0.5, 0.6) is 0 Å². The van der Waals surface area contributed by atoms with Crippen molar-refractivity contribution in [1.82, 2.24) is 14.9 Å². The number of hydrogen-bond acceptors (Lipinski definition) is 5. The van der Waals surface area contributed by atoms with E-state index in [9.17, 15) is 26.3 Å². The molecule has 26 heavy (non-hydrogen) atoms. The third-order valence-electron chi connectivity index (χ3n) is 2.89. The highest BCUT2D eigenvalue weighted by atomic mass is 35.5. The Bertz CT molecular complexity index is 709. The molecule has 0 radical (unpaired) electrons. The fourth-order valence-corrected chi connectivity index (χ4v) is 1.78. The van der Waals surface area contributed by atoms with Crippen molar-refractivity contribution in [3.63, 3.8) is 0 Å². The summed E-state index contributed by atoms with van der Waals surface area (Å²) in [4.78, 5) is 3.56. The lowest BCUT2D eigenvalue weighted by Gasteiger charge is -2.28. The van der Waals surface area contributed by atoms with Crippen molar-refractivity contribution in [2.45, 2.75) is 24.6 Å². The van der Waals surface area contributed by atoms with Gasteiger partial charge in [-0.05, 0) is 24.6 Å². The van der Waals surface area contributed by atoms with Gasteiger partial charge < -0.3 is 4.74 Å². The highest BCUT2D eigenvalue weighted by Crippen LogP contribution is 2.32. The van der Waals surface area contributed by atoms with E-state index < -0.39 is 35.2 Å². The van der Waals surface area contributed by atoms with Crippen LogP contribution in [0.25, 0.3) is 0 Å². The molecule has 0 spiro atoms. The second-order valence-corrected chi connectivity index (χ2v) is 5.24. The summed E-state index contributed by atoms with van der Waals surface area (Å²) in [6, 6.07) is 0. The number of alkyl halides is 6. The molecule has 0 amide bonds. The molecule has 1 rings (SSSR count). The van der Waals surface area contributed by atoms with E-state index in [1.807, 2.05) is 0 Å². The first-order valence-corrected chi connectivity index (χ1v) is 7.16. The summed E-state index contributed by atoms with van der Waals surface area (Å²) >= 11 is 4.94. The van der Waals surface area contributed by atoms with Gasteiger partial charge in [-0.3, -0.25) is 4.99 Å². The molecule has 6 nitrogen and oxygen atoms in total. The second kappa shape index (κ2) is 7.98. The van der Waals surface area contributed by atoms with Crippen LogP contribution < -0.4 is 5.01 Å². The van der Waals surface area contributed by atoms with E-state index >= 15 is 0 Å². The van der Waals surface area contributed by atoms with Crippen LogP contribution >= 0.6 is 11.6 Å². The molecule has 0 fully saturated rings. The maximum atomic E-state index is 14.1. The molecule has 1 aromatic heterocycles. The van der Waals surface area contributed by atoms with E-state index in [2.05, 4.69) is 26.5 Å². The molecular formula is C13H14ClF6N5O. The van der Waals surface area contributed by atoms with Crippen LogP contribution in [0.3, 0.4) is 0 Å². The van der Waals surface area contributed by atoms with Crippen molar-refractivity contribution in [3.05, 3.63) is 36.0 Å². The molecule has 0 saturated heterocycles. The molecule has 0 saturated carbocycles. The van der Waals surface area contributed by atoms with Gasteiger partial charge in [0.2, 0.25) is 11.7 Å². The highest BCUT2D eigenvalue weighted by molar-refractivity contribution is 6.21. The van der Waals surface area contributed by atoms with Gasteiger partial charge in [-0.2, -0.15) is 22.0 Å². The molecule has 0 aliphatic heterocycles. The van der Waals surface area contributed by atoms with Gasteiger partial charge in [-0.1, -0.05) is 6.58 Å². The average Bonchev–Trinajstić information content (AvgIpc) is 2.94. The Balaban J connectivity index is 3.52. The predicted molar refractivity (Wildman–Crippen MR) is 82.4 cm³/mol. The third kappa shape index (κ3) is 4.90. The molecule has 0 aromatic carbocycles. The number of hydrogen-bond donors (Lipinski definition) is 0. The van der Waals surface area contributed by atoms with E-state index in [1.165, 1.54) is 7.05 Å². The lowest BCUT2D eigenvalue weighted by Crippen LogP contribution is -2.39. The highest BCUT2D eigenvalue weighted by Gasteiger charge is 2.41. The predicted octanol–water partition coefficient (Wildman–Crippen LogP) is 3.47. The van der Waals surface area contributed by atoms with Crippen molar-refractivity contribution in [1.29, 1.82) is 0 Å². The summed E-state index contributed by atoms with van der Waals surface area (Å²) < 4.78 is 84.4. The fourth-order valence-electron chi connectivity index (χ4n) is 1.66. The fraction of sp³-hybridized carbons (Fsp3) is 0.462. The van der Waals surface area contributed by atoms with Crippen LogP contribution in [0, 0.1) is 0 Å². The van der Waals surface area contributed by atoms with Crippen LogP contribution in [0.1, 0.15) is 18.6 Å². The van der Waals surface area contributed by atoms with Crippen molar-refractivity contribution in [2.24, 2.45) is 4.99 Å². The standard InChI is InChI=1S/C13H14ClF6N5O/c1-5-8(15)10(26-7(2)13(18,19)20)24(4)25-9(6-21-3)22-23-11(25)12(14,16)17/h5-7H,1H2,2-4H3/b10-8-,21-6?/t7-/m1/s1. The number of rotatable bonds is 7. The van der Waals surface area contributed by atoms with Crippen LogP contribution in [-0.4, -0.2) is 47.5 Å². The molecule has 1 atom stereocenters. The first-order chi connectivity index (χ1) is 11.8. The van der Waals surface area contributed by atoms with E-state index in [1.54, 1.807) is 0 Å². The summed E-state index contributed by atoms with van der Waals surface area (Å²) in [7, 11) is 2.23. The van der Waals surface area contributed by atoms with Crippen LogP contribution in [0.2, 0.25) is 0 Å². The first-order valence-electron chi connectivity index (χ1n) is 6.78. The van der Waals surface area contributed by atoms with Crippen molar-refractivity contribution in [2.75, 3.05) is 19.1 Å². The maximum absolute atomic E-state index is 14.1. The molecular weight excluding hydrogens is 392 g/mol. The molecule has 0 aliphatic rings. The molecule has 1 aromatic rings. The van der Waals surface area contributed by atoms with Gasteiger partial charge in [-0.15, -0.1) is 10.2 Å². The van der Waals surface area contributed by atoms with Crippen LogP contribution in [0.4, 0.5) is 26.3 Å². The zero-order chi connectivity index (χ0) is 20.3. The lowest BCUT2D eigenvalue weighted by atomic mass is 10.4. The molecule has 0 unspecified atom stereocenters. The Morgan fingerprint density at radius 2 is 1.92 bits per heavy atom. The topological polar surface area (TPSA) is 55.5 Å². The van der Waals surface area contributed by atoms with Crippen molar-refractivity contribution < 1.29 is 31.1 Å². The largest absolute Gasteiger partial charge is 0.463 e. The van der Waals surface area contributed by atoms with Gasteiger partial charge in [0.15, 0.2) is 17.8 Å². The number of aliphatic imine (C=N–C) groups is 1. The van der Waals surface area contributed by atoms with Gasteiger partial charge >= 0.3 is 11.6 Å². The number of allylic oxidation sites excluding steroid dienone is 2. The van der Waals surface area contributed by atoms with Crippen molar-refractivity contribution in [3.8, 4) is 0 Å². The summed E-state index contributed by atoms with van der Waals surface area (Å²) in [5, 5.41) is 3.01. The molecule has 0 aliphatic carbocycles. The molecule has 0 bridgehead atoms. The van der Waals surface area contributed by atoms with E-state index in [0.717, 1.165) is 13.3 Å². The normalized spacial score (nSPS) is 15.0. The minimum Gasteiger partial charge on any atom is -0.463 e. The number of aromatic nitrogens is 3. The minimum atomic E-state index is -4.84. The Morgan fingerprint density at radius 1 is 1.35 bits per heavy atom. The quantitative estimate of drug-likeness (QED) is 0.229. The van der Waals surface area contributed by atoms with Gasteiger partial charge in [0.25, 0.3) is 0 Å². The number of nitrogens with zero attached hydrogens (tertiary/aromatic N) is 5. The van der Waals surface area contributed by atoms with E-state index in [4.69, 9.17) is 11.6 Å². The Morgan fingerprint density at radius 3 is 2.35 bits per heavy atom. The van der Waals surface area contributed by atoms with Gasteiger partial charge in [0.05, 0.1) is 6.21 Å². The Labute approximate surface area is 149 Å². The zero-order valence-electron chi connectivity index (χ0n) is 13.7. The van der Waals surface area contributed by atoms with Crippen LogP contribution in [-0.2, 0) is 10.1 Å². The third-order valence-corrected chi connectivity index (χ3v) is 3.06. The Hall–Kier alpha value is -2.24. The smallest absolute Gasteiger partial charge is 0.425 e. The zero-order valence-corrected chi connectivity index (χ0v) is 14.5. The van der Waals surface area contributed by atoms with Crippen LogP contribution in [0.15, 0.2) is 29.4 Å². The van der Waals surface area contributed by atoms with Gasteiger partial charge in [0, 0.05) is 14.1 Å². The van der Waals surface area contributed by atoms with E-state index in [0.29, 0.717) is 22.7 Å². The number of halogens is 7. The van der Waals surface area contributed by atoms with Crippen molar-refractivity contribution >= 4 is 17.8 Å². The minimum absolute atomic E-state index is 0.358. The molecule has 13 heteroatoms. The SMILES string of the molecule is C=C/C(F)=C(/O[C@H](C)C(F)(F)F)N(C)n1c(C=NC)nnc1C(F)(F)Cl. The second-order valence-electron chi connectivity index (χ2n) is 4.76. The number of ether oxygens (including phenoxy) is 1. The molecule has 146 valence electrons. The molecule has 0 N–H and O–H groups in total. The summed E-state index contributed by atoms with van der Waals surface area (Å²) in [5.41, 5.74) is 0. The van der Waals surface area contributed by atoms with E-state index in [-0.39, 0.29) is 5.82 Å². The first kappa shape index (κ1) is 21.8. The van der Waals surface area contributed by atoms with Gasteiger partial charge in [-0.25, -0.2) is 14.1 Å². The average molecular weight is 406 g/mol. The Kier molecular flexibility index (Phi) is 6.69. The van der Waals surface area contributed by atoms with Gasteiger partial charge in [0.1, 0.15) is 0 Å². The summed E-state index contributed by atoms with van der Waals surface area (Å²) in [5.74, 6) is -3.95. The summed E-state index contributed by atoms with van der Waals surface area (Å²) in [6.45, 7) is 3.70. The summed E-state index contributed by atoms with van der Waals surface area (Å²) in [6.07, 6.45) is -5.78. The monoisotopic (exact) mass is 405 g/mol. The molecule has 1 heterocycles. The maximum Gasteiger partial charge on any atom is 0.425 e. The lowest BCUT2D eigenvalue weighted by molar-refractivity contribution is -0.204.